The molecule has 1 heterocycles. The molecule has 156 valence electrons. The topological polar surface area (TPSA) is 47.9 Å². The van der Waals surface area contributed by atoms with Gasteiger partial charge in [-0.15, -0.1) is 0 Å². The molecule has 0 saturated heterocycles. The summed E-state index contributed by atoms with van der Waals surface area (Å²) in [6.45, 7) is 0.261. The van der Waals surface area contributed by atoms with Gasteiger partial charge in [-0.3, -0.25) is 0 Å². The van der Waals surface area contributed by atoms with Crippen molar-refractivity contribution in [1.29, 1.82) is 0 Å². The summed E-state index contributed by atoms with van der Waals surface area (Å²) in [4.78, 5) is 16.6. The number of nitrogens with zero attached hydrogens (tertiary/aromatic N) is 1. The first kappa shape index (κ1) is 22.4. The third-order valence-electron chi connectivity index (χ3n) is 4.31. The first-order valence-electron chi connectivity index (χ1n) is 9.04. The standard InChI is InChI=1S/C23H13BrFI2NO3/c24-16-6-4-15(5-7-16)22-28-20(23(29)31-22)11-14-9-18(26)21(19(27)10-14)30-12-13-2-1-3-17(25)8-13/h1-11H,12H2/b20-11-. The van der Waals surface area contributed by atoms with Gasteiger partial charge < -0.3 is 9.47 Å². The number of esters is 1. The second kappa shape index (κ2) is 9.78. The van der Waals surface area contributed by atoms with Gasteiger partial charge in [-0.05, 0) is 111 Å². The molecule has 3 aromatic carbocycles. The monoisotopic (exact) mass is 703 g/mol. The lowest BCUT2D eigenvalue weighted by atomic mass is 10.2. The number of carbonyl (C=O) groups excluding carboxylic acids is 1. The van der Waals surface area contributed by atoms with E-state index in [-0.39, 0.29) is 24.0 Å². The van der Waals surface area contributed by atoms with Crippen LogP contribution in [-0.4, -0.2) is 11.9 Å². The highest BCUT2D eigenvalue weighted by Crippen LogP contribution is 2.31. The molecule has 4 rings (SSSR count). The van der Waals surface area contributed by atoms with Crippen LogP contribution in [0.15, 0.2) is 75.8 Å². The highest BCUT2D eigenvalue weighted by Gasteiger charge is 2.24. The Bertz CT molecular complexity index is 1200. The van der Waals surface area contributed by atoms with E-state index in [1.54, 1.807) is 12.1 Å². The molecule has 0 aliphatic carbocycles. The number of benzene rings is 3. The van der Waals surface area contributed by atoms with Gasteiger partial charge in [0.15, 0.2) is 5.70 Å². The van der Waals surface area contributed by atoms with Gasteiger partial charge in [0, 0.05) is 10.0 Å². The van der Waals surface area contributed by atoms with Gasteiger partial charge in [0.2, 0.25) is 5.90 Å². The highest BCUT2D eigenvalue weighted by molar-refractivity contribution is 14.1. The summed E-state index contributed by atoms with van der Waals surface area (Å²) in [5, 5.41) is 0. The molecule has 0 spiro atoms. The summed E-state index contributed by atoms with van der Waals surface area (Å²) in [7, 11) is 0. The van der Waals surface area contributed by atoms with Crippen LogP contribution < -0.4 is 4.74 Å². The van der Waals surface area contributed by atoms with E-state index in [9.17, 15) is 9.18 Å². The van der Waals surface area contributed by atoms with E-state index in [4.69, 9.17) is 9.47 Å². The van der Waals surface area contributed by atoms with Crippen LogP contribution in [0.5, 0.6) is 5.75 Å². The van der Waals surface area contributed by atoms with Crippen LogP contribution in [0.4, 0.5) is 4.39 Å². The SMILES string of the molecule is O=C1OC(c2ccc(Br)cc2)=N/C1=C\c1cc(I)c(OCc2cccc(F)c2)c(I)c1. The van der Waals surface area contributed by atoms with Crippen molar-refractivity contribution < 1.29 is 18.7 Å². The zero-order chi connectivity index (χ0) is 22.0. The minimum Gasteiger partial charge on any atom is -0.487 e. The lowest BCUT2D eigenvalue weighted by Crippen LogP contribution is -2.05. The summed E-state index contributed by atoms with van der Waals surface area (Å²) in [6, 6.07) is 17.5. The summed E-state index contributed by atoms with van der Waals surface area (Å²) in [5.74, 6) is 0.206. The van der Waals surface area contributed by atoms with Crippen molar-refractivity contribution in [2.45, 2.75) is 6.61 Å². The molecule has 1 aliphatic heterocycles. The van der Waals surface area contributed by atoms with Crippen LogP contribution >= 0.6 is 61.1 Å². The van der Waals surface area contributed by atoms with E-state index in [0.29, 0.717) is 5.75 Å². The predicted octanol–water partition coefficient (Wildman–Crippen LogP) is 6.72. The Kier molecular flexibility index (Phi) is 7.07. The fourth-order valence-corrected chi connectivity index (χ4v) is 5.26. The first-order valence-corrected chi connectivity index (χ1v) is 12.0. The second-order valence-corrected chi connectivity index (χ2v) is 9.82. The number of carbonyl (C=O) groups is 1. The lowest BCUT2D eigenvalue weighted by Gasteiger charge is -2.11. The zero-order valence-electron chi connectivity index (χ0n) is 15.7. The molecule has 4 nitrogen and oxygen atoms in total. The van der Waals surface area contributed by atoms with Crippen molar-refractivity contribution in [2.24, 2.45) is 4.99 Å². The molecule has 0 N–H and O–H groups in total. The average Bonchev–Trinajstić information content (AvgIpc) is 3.08. The summed E-state index contributed by atoms with van der Waals surface area (Å²) in [6.07, 6.45) is 1.69. The number of aliphatic imine (C=N–C) groups is 1. The summed E-state index contributed by atoms with van der Waals surface area (Å²) in [5.41, 5.74) is 2.52. The van der Waals surface area contributed by atoms with E-state index < -0.39 is 5.97 Å². The van der Waals surface area contributed by atoms with Crippen LogP contribution in [0, 0.1) is 13.0 Å². The van der Waals surface area contributed by atoms with Crippen molar-refractivity contribution in [3.63, 3.8) is 0 Å². The second-order valence-electron chi connectivity index (χ2n) is 6.58. The van der Waals surface area contributed by atoms with Crippen LogP contribution in [0.1, 0.15) is 16.7 Å². The Hall–Kier alpha value is -1.79. The van der Waals surface area contributed by atoms with Gasteiger partial charge in [0.1, 0.15) is 18.2 Å². The predicted molar refractivity (Wildman–Crippen MR) is 137 cm³/mol. The molecule has 1 aliphatic rings. The molecule has 8 heteroatoms. The minimum atomic E-state index is -0.491. The van der Waals surface area contributed by atoms with Crippen molar-refractivity contribution >= 4 is 79.1 Å². The van der Waals surface area contributed by atoms with Crippen LogP contribution in [0.25, 0.3) is 6.08 Å². The zero-order valence-corrected chi connectivity index (χ0v) is 21.6. The van der Waals surface area contributed by atoms with E-state index in [1.807, 2.05) is 42.5 Å². The number of hydrogen-bond acceptors (Lipinski definition) is 4. The molecule has 0 amide bonds. The fraction of sp³-hybridized carbons (Fsp3) is 0.0435. The van der Waals surface area contributed by atoms with Gasteiger partial charge in [0.05, 0.1) is 7.14 Å². The van der Waals surface area contributed by atoms with Crippen molar-refractivity contribution in [3.8, 4) is 5.75 Å². The van der Waals surface area contributed by atoms with Gasteiger partial charge >= 0.3 is 5.97 Å². The van der Waals surface area contributed by atoms with E-state index in [2.05, 4.69) is 66.1 Å². The molecule has 0 unspecified atom stereocenters. The lowest BCUT2D eigenvalue weighted by molar-refractivity contribution is -0.129. The Morgan fingerprint density at radius 2 is 1.77 bits per heavy atom. The Balaban J connectivity index is 1.55. The molecule has 0 bridgehead atoms. The maximum absolute atomic E-state index is 13.4. The van der Waals surface area contributed by atoms with E-state index in [0.717, 1.165) is 28.3 Å². The maximum Gasteiger partial charge on any atom is 0.363 e. The molecule has 0 aromatic heterocycles. The van der Waals surface area contributed by atoms with E-state index >= 15 is 0 Å². The molecule has 0 radical (unpaired) electrons. The Morgan fingerprint density at radius 1 is 1.06 bits per heavy atom. The first-order chi connectivity index (χ1) is 14.9. The quantitative estimate of drug-likeness (QED) is 0.169. The molecule has 0 saturated carbocycles. The Labute approximate surface area is 214 Å². The molecular formula is C23H13BrFI2NO3. The molecule has 0 fully saturated rings. The van der Waals surface area contributed by atoms with Crippen molar-refractivity contribution in [2.75, 3.05) is 0 Å². The largest absolute Gasteiger partial charge is 0.487 e. The minimum absolute atomic E-state index is 0.234. The number of rotatable bonds is 5. The average molecular weight is 704 g/mol. The Morgan fingerprint density at radius 3 is 2.45 bits per heavy atom. The van der Waals surface area contributed by atoms with Crippen LogP contribution in [0.3, 0.4) is 0 Å². The van der Waals surface area contributed by atoms with Crippen molar-refractivity contribution in [1.82, 2.24) is 0 Å². The van der Waals surface area contributed by atoms with Gasteiger partial charge in [-0.2, -0.15) is 0 Å². The molecule has 31 heavy (non-hydrogen) atoms. The maximum atomic E-state index is 13.4. The van der Waals surface area contributed by atoms with Gasteiger partial charge in [-0.25, -0.2) is 14.2 Å². The molecule has 0 atom stereocenters. The number of cyclic esters (lactones) is 1. The van der Waals surface area contributed by atoms with Gasteiger partial charge in [-0.1, -0.05) is 28.1 Å². The third-order valence-corrected chi connectivity index (χ3v) is 6.44. The van der Waals surface area contributed by atoms with Crippen LogP contribution in [0.2, 0.25) is 0 Å². The normalized spacial score (nSPS) is 14.5. The fourth-order valence-electron chi connectivity index (χ4n) is 2.87. The summed E-state index contributed by atoms with van der Waals surface area (Å²) >= 11 is 7.74. The number of ether oxygens (including phenoxy) is 2. The van der Waals surface area contributed by atoms with Crippen LogP contribution in [-0.2, 0) is 16.1 Å². The smallest absolute Gasteiger partial charge is 0.363 e. The van der Waals surface area contributed by atoms with E-state index in [1.165, 1.54) is 12.1 Å². The van der Waals surface area contributed by atoms with Gasteiger partial charge in [0.25, 0.3) is 0 Å². The number of hydrogen-bond donors (Lipinski definition) is 0. The molecular weight excluding hydrogens is 691 g/mol. The molecule has 3 aromatic rings. The third kappa shape index (κ3) is 5.53. The number of halogens is 4. The summed E-state index contributed by atoms with van der Waals surface area (Å²) < 4.78 is 27.3. The highest BCUT2D eigenvalue weighted by atomic mass is 127. The van der Waals surface area contributed by atoms with Crippen molar-refractivity contribution in [3.05, 3.63) is 100 Å².